The van der Waals surface area contributed by atoms with Gasteiger partial charge in [0.25, 0.3) is 5.91 Å². The molecule has 1 amide bonds. The molecule has 0 saturated carbocycles. The van der Waals surface area contributed by atoms with E-state index in [0.29, 0.717) is 36.0 Å². The fraction of sp³-hybridized carbons (Fsp3) is 0.120. The van der Waals surface area contributed by atoms with Gasteiger partial charge in [-0.1, -0.05) is 52.3 Å². The van der Waals surface area contributed by atoms with E-state index in [1.54, 1.807) is 36.4 Å². The van der Waals surface area contributed by atoms with Crippen LogP contribution in [0, 0.1) is 11.3 Å². The van der Waals surface area contributed by atoms with Gasteiger partial charge in [0.1, 0.15) is 29.7 Å². The van der Waals surface area contributed by atoms with Crippen molar-refractivity contribution in [3.63, 3.8) is 0 Å². The first-order chi connectivity index (χ1) is 15.1. The molecule has 3 rings (SSSR count). The SMILES string of the molecule is CCOc1cccc(NC(=O)/C(C#N)=C/c2cc(Br)ccc2OCc2ccccc2)c1. The fourth-order valence-corrected chi connectivity index (χ4v) is 3.21. The van der Waals surface area contributed by atoms with E-state index in [9.17, 15) is 10.1 Å². The van der Waals surface area contributed by atoms with E-state index < -0.39 is 5.91 Å². The van der Waals surface area contributed by atoms with Gasteiger partial charge < -0.3 is 14.8 Å². The Balaban J connectivity index is 1.81. The molecule has 0 radical (unpaired) electrons. The van der Waals surface area contributed by atoms with E-state index in [-0.39, 0.29) is 5.57 Å². The zero-order chi connectivity index (χ0) is 22.1. The first kappa shape index (κ1) is 22.1. The van der Waals surface area contributed by atoms with Crippen molar-refractivity contribution >= 4 is 33.6 Å². The van der Waals surface area contributed by atoms with E-state index in [2.05, 4.69) is 21.2 Å². The predicted molar refractivity (Wildman–Crippen MR) is 125 cm³/mol. The quantitative estimate of drug-likeness (QED) is 0.321. The molecule has 0 heterocycles. The molecule has 0 aliphatic heterocycles. The van der Waals surface area contributed by atoms with Crippen LogP contribution < -0.4 is 14.8 Å². The highest BCUT2D eigenvalue weighted by Crippen LogP contribution is 2.27. The van der Waals surface area contributed by atoms with Crippen LogP contribution in [0.4, 0.5) is 5.69 Å². The Bertz CT molecular complexity index is 1120. The van der Waals surface area contributed by atoms with Crippen LogP contribution in [0.3, 0.4) is 0 Å². The Morgan fingerprint density at radius 1 is 1.06 bits per heavy atom. The van der Waals surface area contributed by atoms with Crippen LogP contribution in [-0.4, -0.2) is 12.5 Å². The third-order valence-electron chi connectivity index (χ3n) is 4.28. The third kappa shape index (κ3) is 6.46. The second kappa shape index (κ2) is 11.0. The zero-order valence-corrected chi connectivity index (χ0v) is 18.6. The first-order valence-electron chi connectivity index (χ1n) is 9.71. The Morgan fingerprint density at radius 2 is 1.87 bits per heavy atom. The third-order valence-corrected chi connectivity index (χ3v) is 4.77. The molecule has 6 heteroatoms. The summed E-state index contributed by atoms with van der Waals surface area (Å²) in [6.07, 6.45) is 1.52. The number of hydrogen-bond donors (Lipinski definition) is 1. The van der Waals surface area contributed by atoms with Gasteiger partial charge in [0.15, 0.2) is 0 Å². The summed E-state index contributed by atoms with van der Waals surface area (Å²) in [5.41, 5.74) is 2.16. The van der Waals surface area contributed by atoms with E-state index in [4.69, 9.17) is 9.47 Å². The predicted octanol–water partition coefficient (Wildman–Crippen LogP) is 5.97. The van der Waals surface area contributed by atoms with Crippen LogP contribution in [-0.2, 0) is 11.4 Å². The summed E-state index contributed by atoms with van der Waals surface area (Å²) in [5.74, 6) is 0.711. The van der Waals surface area contributed by atoms with Gasteiger partial charge in [-0.25, -0.2) is 0 Å². The zero-order valence-electron chi connectivity index (χ0n) is 17.0. The summed E-state index contributed by atoms with van der Waals surface area (Å²) >= 11 is 3.44. The number of nitrogens with one attached hydrogen (secondary N) is 1. The molecule has 0 aliphatic carbocycles. The number of rotatable bonds is 8. The van der Waals surface area contributed by atoms with Crippen molar-refractivity contribution in [2.45, 2.75) is 13.5 Å². The maximum atomic E-state index is 12.7. The molecule has 0 fully saturated rings. The lowest BCUT2D eigenvalue weighted by atomic mass is 10.1. The van der Waals surface area contributed by atoms with Crippen molar-refractivity contribution < 1.29 is 14.3 Å². The topological polar surface area (TPSA) is 71.3 Å². The van der Waals surface area contributed by atoms with Crippen LogP contribution >= 0.6 is 15.9 Å². The summed E-state index contributed by atoms with van der Waals surface area (Å²) in [6.45, 7) is 2.79. The van der Waals surface area contributed by atoms with Crippen molar-refractivity contribution in [1.29, 1.82) is 5.26 Å². The fourth-order valence-electron chi connectivity index (χ4n) is 2.83. The minimum Gasteiger partial charge on any atom is -0.494 e. The number of carbonyl (C=O) groups is 1. The molecule has 156 valence electrons. The van der Waals surface area contributed by atoms with Crippen molar-refractivity contribution in [2.75, 3.05) is 11.9 Å². The van der Waals surface area contributed by atoms with Gasteiger partial charge in [0.2, 0.25) is 0 Å². The van der Waals surface area contributed by atoms with Gasteiger partial charge in [0, 0.05) is 21.8 Å². The monoisotopic (exact) mass is 476 g/mol. The van der Waals surface area contributed by atoms with Crippen LogP contribution in [0.1, 0.15) is 18.1 Å². The minimum atomic E-state index is -0.509. The van der Waals surface area contributed by atoms with Crippen LogP contribution in [0.5, 0.6) is 11.5 Å². The van der Waals surface area contributed by atoms with Gasteiger partial charge in [-0.15, -0.1) is 0 Å². The molecule has 1 N–H and O–H groups in total. The summed E-state index contributed by atoms with van der Waals surface area (Å²) in [6, 6.07) is 24.2. The molecular formula is C25H21BrN2O3. The molecule has 3 aromatic carbocycles. The van der Waals surface area contributed by atoms with Crippen molar-refractivity contribution in [1.82, 2.24) is 0 Å². The number of hydrogen-bond acceptors (Lipinski definition) is 4. The molecule has 0 aromatic heterocycles. The van der Waals surface area contributed by atoms with Gasteiger partial charge in [0.05, 0.1) is 6.61 Å². The standard InChI is InChI=1S/C25H21BrN2O3/c1-2-30-23-10-6-9-22(15-23)28-25(29)20(16-27)13-19-14-21(26)11-12-24(19)31-17-18-7-4-3-5-8-18/h3-15H,2,17H2,1H3,(H,28,29)/b20-13+. The van der Waals surface area contributed by atoms with E-state index in [1.165, 1.54) is 6.08 Å². The molecule has 0 aliphatic rings. The van der Waals surface area contributed by atoms with Crippen LogP contribution in [0.2, 0.25) is 0 Å². The Morgan fingerprint density at radius 3 is 2.61 bits per heavy atom. The van der Waals surface area contributed by atoms with Crippen LogP contribution in [0.15, 0.2) is 82.8 Å². The van der Waals surface area contributed by atoms with Gasteiger partial charge in [-0.05, 0) is 48.9 Å². The second-order valence-electron chi connectivity index (χ2n) is 6.54. The molecule has 0 atom stereocenters. The van der Waals surface area contributed by atoms with E-state index >= 15 is 0 Å². The van der Waals surface area contributed by atoms with Crippen molar-refractivity contribution in [3.05, 3.63) is 94.0 Å². The maximum Gasteiger partial charge on any atom is 0.266 e. The molecular weight excluding hydrogens is 456 g/mol. The Labute approximate surface area is 190 Å². The molecule has 3 aromatic rings. The van der Waals surface area contributed by atoms with Crippen molar-refractivity contribution in [2.24, 2.45) is 0 Å². The summed E-state index contributed by atoms with van der Waals surface area (Å²) in [7, 11) is 0. The number of amides is 1. The molecule has 0 unspecified atom stereocenters. The van der Waals surface area contributed by atoms with Gasteiger partial charge >= 0.3 is 0 Å². The Kier molecular flexibility index (Phi) is 7.85. The molecule has 5 nitrogen and oxygen atoms in total. The van der Waals surface area contributed by atoms with E-state index in [1.807, 2.05) is 49.4 Å². The van der Waals surface area contributed by atoms with E-state index in [0.717, 1.165) is 10.0 Å². The normalized spacial score (nSPS) is 10.8. The summed E-state index contributed by atoms with van der Waals surface area (Å²) in [4.78, 5) is 12.7. The number of anilines is 1. The molecule has 0 saturated heterocycles. The smallest absolute Gasteiger partial charge is 0.266 e. The molecule has 0 bridgehead atoms. The average molecular weight is 477 g/mol. The summed E-state index contributed by atoms with van der Waals surface area (Å²) < 4.78 is 12.2. The minimum absolute atomic E-state index is 0.0375. The summed E-state index contributed by atoms with van der Waals surface area (Å²) in [5, 5.41) is 12.3. The number of halogens is 1. The van der Waals surface area contributed by atoms with Gasteiger partial charge in [-0.2, -0.15) is 5.26 Å². The first-order valence-corrected chi connectivity index (χ1v) is 10.5. The van der Waals surface area contributed by atoms with Crippen LogP contribution in [0.25, 0.3) is 6.08 Å². The lowest BCUT2D eigenvalue weighted by Crippen LogP contribution is -2.13. The number of nitriles is 1. The lowest BCUT2D eigenvalue weighted by molar-refractivity contribution is -0.112. The number of carbonyl (C=O) groups excluding carboxylic acids is 1. The highest BCUT2D eigenvalue weighted by molar-refractivity contribution is 9.10. The highest BCUT2D eigenvalue weighted by Gasteiger charge is 2.12. The number of nitrogens with zero attached hydrogens (tertiary/aromatic N) is 1. The molecule has 31 heavy (non-hydrogen) atoms. The maximum absolute atomic E-state index is 12.7. The second-order valence-corrected chi connectivity index (χ2v) is 7.46. The number of benzene rings is 3. The Hall–Kier alpha value is -3.56. The average Bonchev–Trinajstić information content (AvgIpc) is 2.78. The molecule has 0 spiro atoms. The lowest BCUT2D eigenvalue weighted by Gasteiger charge is -2.11. The number of ether oxygens (including phenoxy) is 2. The highest BCUT2D eigenvalue weighted by atomic mass is 79.9. The largest absolute Gasteiger partial charge is 0.494 e. The van der Waals surface area contributed by atoms with Gasteiger partial charge in [-0.3, -0.25) is 4.79 Å². The van der Waals surface area contributed by atoms with Crippen molar-refractivity contribution in [3.8, 4) is 17.6 Å².